The van der Waals surface area contributed by atoms with Gasteiger partial charge < -0.3 is 0 Å². The van der Waals surface area contributed by atoms with Crippen molar-refractivity contribution in [2.24, 2.45) is 0 Å². The molecule has 0 aromatic heterocycles. The molecule has 0 aliphatic heterocycles. The molecule has 0 aliphatic rings. The van der Waals surface area contributed by atoms with Crippen molar-refractivity contribution < 1.29 is 0 Å². The van der Waals surface area contributed by atoms with Crippen LogP contribution in [0.4, 0.5) is 0 Å². The fourth-order valence-corrected chi connectivity index (χ4v) is 3.61. The molecule has 2 aromatic carbocycles. The number of halogens is 2. The largest absolute Gasteiger partial charge is 0.0786 e. The summed E-state index contributed by atoms with van der Waals surface area (Å²) in [5.41, 5.74) is 3.97. The van der Waals surface area contributed by atoms with Gasteiger partial charge in [0, 0.05) is 4.47 Å². The Labute approximate surface area is 132 Å². The molecule has 2 heteroatoms. The summed E-state index contributed by atoms with van der Waals surface area (Å²) in [5, 5.41) is 0. The number of rotatable bonds is 4. The second kappa shape index (κ2) is 6.71. The van der Waals surface area contributed by atoms with Crippen LogP contribution in [-0.2, 0) is 0 Å². The van der Waals surface area contributed by atoms with Crippen LogP contribution >= 0.6 is 31.9 Å². The summed E-state index contributed by atoms with van der Waals surface area (Å²) in [6, 6.07) is 17.3. The second-order valence-electron chi connectivity index (χ2n) is 4.86. The van der Waals surface area contributed by atoms with E-state index < -0.39 is 0 Å². The van der Waals surface area contributed by atoms with Gasteiger partial charge in [-0.25, -0.2) is 0 Å². The molecule has 2 aromatic rings. The molecule has 2 rings (SSSR count). The Morgan fingerprint density at radius 3 is 2.11 bits per heavy atom. The summed E-state index contributed by atoms with van der Waals surface area (Å²) in [4.78, 5) is 0.231. The molecule has 0 aliphatic carbocycles. The lowest BCUT2D eigenvalue weighted by molar-refractivity contribution is 0.733. The average molecular weight is 382 g/mol. The van der Waals surface area contributed by atoms with E-state index in [4.69, 9.17) is 0 Å². The van der Waals surface area contributed by atoms with Crippen LogP contribution in [0.5, 0.6) is 0 Å². The van der Waals surface area contributed by atoms with Crippen LogP contribution < -0.4 is 0 Å². The average Bonchev–Trinajstić information content (AvgIpc) is 2.46. The Hall–Kier alpha value is -0.600. The van der Waals surface area contributed by atoms with Gasteiger partial charge in [0.25, 0.3) is 0 Å². The molecule has 0 fully saturated rings. The van der Waals surface area contributed by atoms with Crippen molar-refractivity contribution in [2.75, 3.05) is 0 Å². The Morgan fingerprint density at radius 1 is 0.947 bits per heavy atom. The van der Waals surface area contributed by atoms with Crippen molar-refractivity contribution in [1.29, 1.82) is 0 Å². The monoisotopic (exact) mass is 380 g/mol. The number of hydrogen-bond donors (Lipinski definition) is 0. The third kappa shape index (κ3) is 3.49. The van der Waals surface area contributed by atoms with Crippen molar-refractivity contribution in [1.82, 2.24) is 0 Å². The molecular formula is C17H18Br2. The van der Waals surface area contributed by atoms with E-state index in [1.54, 1.807) is 0 Å². The molecule has 0 saturated carbocycles. The van der Waals surface area contributed by atoms with E-state index in [1.165, 1.54) is 23.1 Å². The fourth-order valence-electron chi connectivity index (χ4n) is 2.09. The lowest BCUT2D eigenvalue weighted by atomic mass is 9.96. The summed E-state index contributed by atoms with van der Waals surface area (Å²) in [6.45, 7) is 4.50. The van der Waals surface area contributed by atoms with E-state index in [1.807, 2.05) is 6.07 Å². The lowest BCUT2D eigenvalue weighted by Crippen LogP contribution is -1.96. The first-order chi connectivity index (χ1) is 9.13. The lowest BCUT2D eigenvalue weighted by Gasteiger charge is -2.15. The Morgan fingerprint density at radius 2 is 1.53 bits per heavy atom. The highest BCUT2D eigenvalue weighted by molar-refractivity contribution is 9.11. The first-order valence-corrected chi connectivity index (χ1v) is 8.32. The van der Waals surface area contributed by atoms with Crippen LogP contribution in [0.3, 0.4) is 0 Å². The van der Waals surface area contributed by atoms with E-state index >= 15 is 0 Å². The first kappa shape index (κ1) is 14.8. The number of hydrogen-bond acceptors (Lipinski definition) is 0. The van der Waals surface area contributed by atoms with Gasteiger partial charge in [0.2, 0.25) is 0 Å². The molecule has 19 heavy (non-hydrogen) atoms. The molecule has 2 atom stereocenters. The second-order valence-corrected chi connectivity index (χ2v) is 6.63. The predicted molar refractivity (Wildman–Crippen MR) is 90.1 cm³/mol. The summed E-state index contributed by atoms with van der Waals surface area (Å²) in [6.07, 6.45) is 1.18. The maximum atomic E-state index is 3.79. The topological polar surface area (TPSA) is 0 Å². The Balaban J connectivity index is 2.25. The highest BCUT2D eigenvalue weighted by atomic mass is 79.9. The standard InChI is InChI=1S/C17H18Br2/c1-3-12(2)13-8-10-14(11-9-13)17(19)15-6-4-5-7-16(15)18/h4-12,17H,3H2,1-2H3. The Kier molecular flexibility index (Phi) is 5.23. The van der Waals surface area contributed by atoms with E-state index in [0.717, 1.165) is 4.47 Å². The van der Waals surface area contributed by atoms with Gasteiger partial charge in [-0.15, -0.1) is 0 Å². The maximum absolute atomic E-state index is 3.79. The van der Waals surface area contributed by atoms with Crippen LogP contribution in [-0.4, -0.2) is 0 Å². The molecule has 100 valence electrons. The highest BCUT2D eigenvalue weighted by Gasteiger charge is 2.13. The van der Waals surface area contributed by atoms with Gasteiger partial charge in [0.1, 0.15) is 0 Å². The van der Waals surface area contributed by atoms with E-state index in [9.17, 15) is 0 Å². The van der Waals surface area contributed by atoms with Crippen molar-refractivity contribution in [3.8, 4) is 0 Å². The third-order valence-electron chi connectivity index (χ3n) is 3.59. The van der Waals surface area contributed by atoms with Gasteiger partial charge in [-0.3, -0.25) is 0 Å². The molecule has 0 radical (unpaired) electrons. The highest BCUT2D eigenvalue weighted by Crippen LogP contribution is 2.35. The van der Waals surface area contributed by atoms with E-state index in [2.05, 4.69) is 88.2 Å². The zero-order chi connectivity index (χ0) is 13.8. The van der Waals surface area contributed by atoms with Crippen molar-refractivity contribution in [2.45, 2.75) is 31.0 Å². The molecule has 0 N–H and O–H groups in total. The van der Waals surface area contributed by atoms with Gasteiger partial charge in [-0.1, -0.05) is 88.2 Å². The normalized spacial score (nSPS) is 14.1. The SMILES string of the molecule is CCC(C)c1ccc(C(Br)c2ccccc2Br)cc1. The molecule has 0 nitrogen and oxygen atoms in total. The first-order valence-electron chi connectivity index (χ1n) is 6.61. The molecule has 0 heterocycles. The minimum absolute atomic E-state index is 0.231. The zero-order valence-electron chi connectivity index (χ0n) is 11.2. The van der Waals surface area contributed by atoms with Crippen molar-refractivity contribution >= 4 is 31.9 Å². The Bertz CT molecular complexity index is 531. The van der Waals surface area contributed by atoms with Gasteiger partial charge in [-0.05, 0) is 35.1 Å². The zero-order valence-corrected chi connectivity index (χ0v) is 14.4. The molecular weight excluding hydrogens is 364 g/mol. The quantitative estimate of drug-likeness (QED) is 0.534. The van der Waals surface area contributed by atoms with Crippen LogP contribution in [0.1, 0.15) is 47.7 Å². The van der Waals surface area contributed by atoms with Crippen LogP contribution in [0.2, 0.25) is 0 Å². The molecule has 0 amide bonds. The summed E-state index contributed by atoms with van der Waals surface area (Å²) in [5.74, 6) is 0.631. The third-order valence-corrected chi connectivity index (χ3v) is 5.33. The van der Waals surface area contributed by atoms with Gasteiger partial charge in [0.15, 0.2) is 0 Å². The van der Waals surface area contributed by atoms with Crippen molar-refractivity contribution in [3.63, 3.8) is 0 Å². The summed E-state index contributed by atoms with van der Waals surface area (Å²) >= 11 is 7.41. The fraction of sp³-hybridized carbons (Fsp3) is 0.294. The van der Waals surface area contributed by atoms with E-state index in [-0.39, 0.29) is 4.83 Å². The smallest absolute Gasteiger partial charge is 0.0655 e. The number of benzene rings is 2. The molecule has 0 bridgehead atoms. The van der Waals surface area contributed by atoms with Crippen LogP contribution in [0.25, 0.3) is 0 Å². The summed E-state index contributed by atoms with van der Waals surface area (Å²) < 4.78 is 1.14. The number of alkyl halides is 1. The predicted octanol–water partition coefficient (Wildman–Crippen LogP) is 6.45. The van der Waals surface area contributed by atoms with Gasteiger partial charge in [0.05, 0.1) is 4.83 Å². The van der Waals surface area contributed by atoms with Crippen LogP contribution in [0, 0.1) is 0 Å². The van der Waals surface area contributed by atoms with Gasteiger partial charge in [-0.2, -0.15) is 0 Å². The van der Waals surface area contributed by atoms with Gasteiger partial charge >= 0.3 is 0 Å². The maximum Gasteiger partial charge on any atom is 0.0655 e. The summed E-state index contributed by atoms with van der Waals surface area (Å²) in [7, 11) is 0. The molecule has 2 unspecified atom stereocenters. The van der Waals surface area contributed by atoms with Crippen LogP contribution in [0.15, 0.2) is 53.0 Å². The minimum atomic E-state index is 0.231. The van der Waals surface area contributed by atoms with Crippen molar-refractivity contribution in [3.05, 3.63) is 69.7 Å². The molecule has 0 spiro atoms. The minimum Gasteiger partial charge on any atom is -0.0786 e. The molecule has 0 saturated heterocycles. The van der Waals surface area contributed by atoms with E-state index in [0.29, 0.717) is 5.92 Å².